The fraction of sp³-hybridized carbons (Fsp3) is 0.300. The van der Waals surface area contributed by atoms with Gasteiger partial charge in [0.25, 0.3) is 5.91 Å². The Labute approximate surface area is 148 Å². The Balaban J connectivity index is 2.06. The lowest BCUT2D eigenvalue weighted by atomic mass is 10.1. The molecule has 0 aliphatic heterocycles. The van der Waals surface area contributed by atoms with E-state index in [4.69, 9.17) is 9.47 Å². The highest BCUT2D eigenvalue weighted by Crippen LogP contribution is 2.21. The summed E-state index contributed by atoms with van der Waals surface area (Å²) in [6, 6.07) is 12.5. The van der Waals surface area contributed by atoms with Gasteiger partial charge in [0.1, 0.15) is 5.75 Å². The molecule has 2 rings (SSSR count). The van der Waals surface area contributed by atoms with E-state index < -0.39 is 12.1 Å². The van der Waals surface area contributed by atoms with Crippen molar-refractivity contribution < 1.29 is 19.1 Å². The molecule has 0 fully saturated rings. The molecule has 0 aliphatic rings. The second-order valence-corrected chi connectivity index (χ2v) is 5.73. The van der Waals surface area contributed by atoms with Crippen molar-refractivity contribution in [1.82, 2.24) is 0 Å². The molecule has 1 amide bonds. The Morgan fingerprint density at radius 1 is 1.16 bits per heavy atom. The number of aryl methyl sites for hydroxylation is 2. The smallest absolute Gasteiger partial charge is 0.339 e. The topological polar surface area (TPSA) is 64.6 Å². The van der Waals surface area contributed by atoms with Gasteiger partial charge in [-0.05, 0) is 49.6 Å². The van der Waals surface area contributed by atoms with Crippen molar-refractivity contribution >= 4 is 17.6 Å². The van der Waals surface area contributed by atoms with Crippen LogP contribution in [0.3, 0.4) is 0 Å². The monoisotopic (exact) mass is 341 g/mol. The third kappa shape index (κ3) is 4.59. The van der Waals surface area contributed by atoms with Gasteiger partial charge >= 0.3 is 5.97 Å². The van der Waals surface area contributed by atoms with Gasteiger partial charge in [0.05, 0.1) is 12.7 Å². The van der Waals surface area contributed by atoms with Crippen molar-refractivity contribution in [3.05, 3.63) is 59.2 Å². The Hall–Kier alpha value is -2.82. The molecule has 5 heteroatoms. The quantitative estimate of drug-likeness (QED) is 0.813. The highest BCUT2D eigenvalue weighted by molar-refractivity contribution is 5.98. The standard InChI is InChI=1S/C20H23NO4/c1-5-15-9-6-8-13(2)18(15)21-19(22)14(3)25-20(23)16-10-7-11-17(12-16)24-4/h6-12,14H,5H2,1-4H3,(H,21,22). The number of benzene rings is 2. The highest BCUT2D eigenvalue weighted by atomic mass is 16.5. The molecule has 5 nitrogen and oxygen atoms in total. The molecule has 0 aromatic heterocycles. The minimum absolute atomic E-state index is 0.337. The third-order valence-electron chi connectivity index (χ3n) is 3.95. The van der Waals surface area contributed by atoms with Gasteiger partial charge in [-0.2, -0.15) is 0 Å². The van der Waals surface area contributed by atoms with E-state index >= 15 is 0 Å². The lowest BCUT2D eigenvalue weighted by Gasteiger charge is -2.17. The number of para-hydroxylation sites is 1. The number of methoxy groups -OCH3 is 1. The van der Waals surface area contributed by atoms with Gasteiger partial charge < -0.3 is 14.8 Å². The number of anilines is 1. The molecule has 0 aliphatic carbocycles. The van der Waals surface area contributed by atoms with Crippen molar-refractivity contribution in [2.75, 3.05) is 12.4 Å². The maximum atomic E-state index is 12.4. The predicted octanol–water partition coefficient (Wildman–Crippen LogP) is 3.75. The molecule has 0 heterocycles. The number of carbonyl (C=O) groups excluding carboxylic acids is 2. The van der Waals surface area contributed by atoms with Crippen LogP contribution in [0.4, 0.5) is 5.69 Å². The summed E-state index contributed by atoms with van der Waals surface area (Å²) in [5, 5.41) is 2.87. The zero-order valence-electron chi connectivity index (χ0n) is 15.0. The number of esters is 1. The van der Waals surface area contributed by atoms with Crippen LogP contribution < -0.4 is 10.1 Å². The van der Waals surface area contributed by atoms with Crippen molar-refractivity contribution in [3.8, 4) is 5.75 Å². The van der Waals surface area contributed by atoms with Crippen molar-refractivity contribution in [2.45, 2.75) is 33.3 Å². The van der Waals surface area contributed by atoms with Crippen molar-refractivity contribution in [3.63, 3.8) is 0 Å². The zero-order chi connectivity index (χ0) is 18.4. The minimum Gasteiger partial charge on any atom is -0.497 e. The molecule has 1 atom stereocenters. The summed E-state index contributed by atoms with van der Waals surface area (Å²) in [5.41, 5.74) is 3.13. The molecule has 25 heavy (non-hydrogen) atoms. The van der Waals surface area contributed by atoms with E-state index in [1.807, 2.05) is 32.0 Å². The SMILES string of the molecule is CCc1cccc(C)c1NC(=O)C(C)OC(=O)c1cccc(OC)c1. The number of hydrogen-bond donors (Lipinski definition) is 1. The van der Waals surface area contributed by atoms with Crippen molar-refractivity contribution in [1.29, 1.82) is 0 Å². The zero-order valence-corrected chi connectivity index (χ0v) is 15.0. The maximum Gasteiger partial charge on any atom is 0.339 e. The van der Waals surface area contributed by atoms with Crippen LogP contribution in [-0.2, 0) is 16.0 Å². The minimum atomic E-state index is -0.914. The van der Waals surface area contributed by atoms with Crippen LogP contribution in [0.5, 0.6) is 5.75 Å². The Kier molecular flexibility index (Phi) is 6.17. The van der Waals surface area contributed by atoms with Gasteiger partial charge in [-0.15, -0.1) is 0 Å². The lowest BCUT2D eigenvalue weighted by molar-refractivity contribution is -0.123. The summed E-state index contributed by atoms with van der Waals surface area (Å²) in [4.78, 5) is 24.6. The highest BCUT2D eigenvalue weighted by Gasteiger charge is 2.20. The molecule has 1 N–H and O–H groups in total. The fourth-order valence-corrected chi connectivity index (χ4v) is 2.46. The number of rotatable bonds is 6. The molecule has 1 unspecified atom stereocenters. The first kappa shape index (κ1) is 18.5. The predicted molar refractivity (Wildman–Crippen MR) is 97.1 cm³/mol. The van der Waals surface area contributed by atoms with Gasteiger partial charge in [0.15, 0.2) is 6.10 Å². The fourth-order valence-electron chi connectivity index (χ4n) is 2.46. The van der Waals surface area contributed by atoms with Crippen LogP contribution in [0, 0.1) is 6.92 Å². The summed E-state index contributed by atoms with van der Waals surface area (Å²) in [6.07, 6.45) is -0.113. The number of ether oxygens (including phenoxy) is 2. The van der Waals surface area contributed by atoms with Gasteiger partial charge in [0, 0.05) is 5.69 Å². The van der Waals surface area contributed by atoms with Gasteiger partial charge in [-0.3, -0.25) is 4.79 Å². The van der Waals surface area contributed by atoms with Gasteiger partial charge in [0.2, 0.25) is 0 Å². The van der Waals surface area contributed by atoms with E-state index in [1.165, 1.54) is 7.11 Å². The van der Waals surface area contributed by atoms with Crippen molar-refractivity contribution in [2.24, 2.45) is 0 Å². The van der Waals surface area contributed by atoms with Crippen LogP contribution >= 0.6 is 0 Å². The molecule has 2 aromatic rings. The molecule has 0 saturated heterocycles. The average molecular weight is 341 g/mol. The largest absolute Gasteiger partial charge is 0.497 e. The second-order valence-electron chi connectivity index (χ2n) is 5.73. The number of carbonyl (C=O) groups is 2. The number of amides is 1. The Morgan fingerprint density at radius 2 is 1.88 bits per heavy atom. The molecular weight excluding hydrogens is 318 g/mol. The molecule has 0 bridgehead atoms. The van der Waals surface area contributed by atoms with Gasteiger partial charge in [-0.1, -0.05) is 31.2 Å². The Bertz CT molecular complexity index is 770. The summed E-state index contributed by atoms with van der Waals surface area (Å²) >= 11 is 0. The first-order valence-corrected chi connectivity index (χ1v) is 8.20. The van der Waals surface area contributed by atoms with Crippen LogP contribution in [0.25, 0.3) is 0 Å². The molecular formula is C20H23NO4. The van der Waals surface area contributed by atoms with E-state index in [0.717, 1.165) is 23.2 Å². The molecule has 2 aromatic carbocycles. The summed E-state index contributed by atoms with van der Waals surface area (Å²) in [7, 11) is 1.52. The van der Waals surface area contributed by atoms with E-state index in [9.17, 15) is 9.59 Å². The summed E-state index contributed by atoms with van der Waals surface area (Å²) in [6.45, 7) is 5.51. The van der Waals surface area contributed by atoms with E-state index in [0.29, 0.717) is 11.3 Å². The number of nitrogens with one attached hydrogen (secondary N) is 1. The summed E-state index contributed by atoms with van der Waals surface area (Å²) in [5.74, 6) is -0.374. The maximum absolute atomic E-state index is 12.4. The van der Waals surface area contributed by atoms with Crippen LogP contribution in [0.15, 0.2) is 42.5 Å². The van der Waals surface area contributed by atoms with Crippen LogP contribution in [0.2, 0.25) is 0 Å². The average Bonchev–Trinajstić information content (AvgIpc) is 2.63. The third-order valence-corrected chi connectivity index (χ3v) is 3.95. The Morgan fingerprint density at radius 3 is 2.56 bits per heavy atom. The number of hydrogen-bond acceptors (Lipinski definition) is 4. The van der Waals surface area contributed by atoms with E-state index in [2.05, 4.69) is 5.32 Å². The molecule has 0 spiro atoms. The van der Waals surface area contributed by atoms with Crippen LogP contribution in [0.1, 0.15) is 35.3 Å². The van der Waals surface area contributed by atoms with Crippen LogP contribution in [-0.4, -0.2) is 25.1 Å². The molecule has 132 valence electrons. The second kappa shape index (κ2) is 8.33. The first-order valence-electron chi connectivity index (χ1n) is 8.20. The van der Waals surface area contributed by atoms with E-state index in [-0.39, 0.29) is 5.91 Å². The molecule has 0 saturated carbocycles. The normalized spacial score (nSPS) is 11.5. The van der Waals surface area contributed by atoms with Gasteiger partial charge in [-0.25, -0.2) is 4.79 Å². The lowest BCUT2D eigenvalue weighted by Crippen LogP contribution is -2.30. The first-order chi connectivity index (χ1) is 12.0. The summed E-state index contributed by atoms with van der Waals surface area (Å²) < 4.78 is 10.4. The molecule has 0 radical (unpaired) electrons. The van der Waals surface area contributed by atoms with E-state index in [1.54, 1.807) is 31.2 Å².